The van der Waals surface area contributed by atoms with E-state index in [1.165, 1.54) is 11.8 Å². The monoisotopic (exact) mass is 270 g/mol. The van der Waals surface area contributed by atoms with Crippen LogP contribution in [0.3, 0.4) is 0 Å². The number of nitrogens with one attached hydrogen (secondary N) is 2. The highest BCUT2D eigenvalue weighted by Gasteiger charge is 2.08. The van der Waals surface area contributed by atoms with Gasteiger partial charge in [-0.2, -0.15) is 16.9 Å². The lowest BCUT2D eigenvalue weighted by Gasteiger charge is -2.01. The molecule has 0 aliphatic heterocycles. The number of carbonyl (C=O) groups is 2. The predicted octanol–water partition coefficient (Wildman–Crippen LogP) is 1.08. The molecular formula is C11H18N4O2S. The molecule has 4 N–H and O–H groups in total. The fourth-order valence-electron chi connectivity index (χ4n) is 1.24. The van der Waals surface area contributed by atoms with Crippen LogP contribution in [0.5, 0.6) is 0 Å². The molecule has 0 saturated carbocycles. The van der Waals surface area contributed by atoms with E-state index in [1.807, 2.05) is 19.9 Å². The van der Waals surface area contributed by atoms with Crippen LogP contribution >= 0.6 is 11.8 Å². The van der Waals surface area contributed by atoms with Crippen molar-refractivity contribution in [2.45, 2.75) is 26.2 Å². The van der Waals surface area contributed by atoms with E-state index in [1.54, 1.807) is 0 Å². The zero-order chi connectivity index (χ0) is 13.5. The number of hydrogen-bond donors (Lipinski definition) is 3. The van der Waals surface area contributed by atoms with Gasteiger partial charge in [-0.05, 0) is 5.92 Å². The van der Waals surface area contributed by atoms with Crippen molar-refractivity contribution in [2.24, 2.45) is 5.73 Å². The van der Waals surface area contributed by atoms with Crippen LogP contribution in [0.1, 0.15) is 31.9 Å². The Balaban J connectivity index is 2.28. The predicted molar refractivity (Wildman–Crippen MR) is 72.4 cm³/mol. The number of rotatable bonds is 7. The third kappa shape index (κ3) is 5.22. The van der Waals surface area contributed by atoms with Gasteiger partial charge in [0.2, 0.25) is 11.8 Å². The summed E-state index contributed by atoms with van der Waals surface area (Å²) in [7, 11) is 0. The summed E-state index contributed by atoms with van der Waals surface area (Å²) in [5, 5.41) is 9.55. The Morgan fingerprint density at radius 2 is 2.28 bits per heavy atom. The van der Waals surface area contributed by atoms with Crippen molar-refractivity contribution in [1.29, 1.82) is 0 Å². The Kier molecular flexibility index (Phi) is 5.70. The molecule has 0 fully saturated rings. The van der Waals surface area contributed by atoms with Gasteiger partial charge in [-0.25, -0.2) is 0 Å². The summed E-state index contributed by atoms with van der Waals surface area (Å²) < 4.78 is 0. The van der Waals surface area contributed by atoms with E-state index in [0.29, 0.717) is 23.9 Å². The molecule has 2 amide bonds. The third-order valence-electron chi connectivity index (χ3n) is 2.20. The van der Waals surface area contributed by atoms with E-state index in [-0.39, 0.29) is 17.6 Å². The van der Waals surface area contributed by atoms with Gasteiger partial charge in [0.25, 0.3) is 0 Å². The average Bonchev–Trinajstić information content (AvgIpc) is 2.72. The van der Waals surface area contributed by atoms with Crippen LogP contribution in [-0.4, -0.2) is 33.5 Å². The van der Waals surface area contributed by atoms with Gasteiger partial charge in [0.15, 0.2) is 5.82 Å². The van der Waals surface area contributed by atoms with Crippen molar-refractivity contribution in [2.75, 3.05) is 16.8 Å². The topological polar surface area (TPSA) is 101 Å². The maximum absolute atomic E-state index is 11.5. The molecule has 0 saturated heterocycles. The molecule has 1 aromatic heterocycles. The van der Waals surface area contributed by atoms with E-state index in [4.69, 9.17) is 5.73 Å². The number of primary amides is 1. The SMILES string of the molecule is CC(C)c1cc(NC(=O)CCSCC(N)=O)n[nH]1. The van der Waals surface area contributed by atoms with Gasteiger partial charge >= 0.3 is 0 Å². The lowest BCUT2D eigenvalue weighted by Crippen LogP contribution is -2.15. The fourth-order valence-corrected chi connectivity index (χ4v) is 1.91. The van der Waals surface area contributed by atoms with E-state index in [9.17, 15) is 9.59 Å². The largest absolute Gasteiger partial charge is 0.369 e. The average molecular weight is 270 g/mol. The first kappa shape index (κ1) is 14.6. The zero-order valence-corrected chi connectivity index (χ0v) is 11.3. The Morgan fingerprint density at radius 3 is 2.83 bits per heavy atom. The van der Waals surface area contributed by atoms with E-state index in [2.05, 4.69) is 15.5 Å². The van der Waals surface area contributed by atoms with Crippen LogP contribution in [0.25, 0.3) is 0 Å². The van der Waals surface area contributed by atoms with Crippen molar-refractivity contribution < 1.29 is 9.59 Å². The summed E-state index contributed by atoms with van der Waals surface area (Å²) >= 11 is 1.35. The highest BCUT2D eigenvalue weighted by Crippen LogP contribution is 2.15. The second kappa shape index (κ2) is 7.05. The van der Waals surface area contributed by atoms with Gasteiger partial charge in [-0.3, -0.25) is 14.7 Å². The van der Waals surface area contributed by atoms with Crippen molar-refractivity contribution >= 4 is 29.4 Å². The van der Waals surface area contributed by atoms with E-state index < -0.39 is 0 Å². The maximum atomic E-state index is 11.5. The third-order valence-corrected chi connectivity index (χ3v) is 3.19. The van der Waals surface area contributed by atoms with Crippen LogP contribution in [-0.2, 0) is 9.59 Å². The molecule has 18 heavy (non-hydrogen) atoms. The van der Waals surface area contributed by atoms with Crippen molar-refractivity contribution in [1.82, 2.24) is 10.2 Å². The molecule has 0 bridgehead atoms. The number of nitrogens with zero attached hydrogens (tertiary/aromatic N) is 1. The number of H-pyrrole nitrogens is 1. The normalized spacial score (nSPS) is 10.6. The highest BCUT2D eigenvalue weighted by molar-refractivity contribution is 7.99. The van der Waals surface area contributed by atoms with Crippen LogP contribution in [0.4, 0.5) is 5.82 Å². The Hall–Kier alpha value is -1.50. The molecule has 7 heteroatoms. The van der Waals surface area contributed by atoms with Crippen LogP contribution in [0.2, 0.25) is 0 Å². The lowest BCUT2D eigenvalue weighted by molar-refractivity contribution is -0.116. The van der Waals surface area contributed by atoms with Gasteiger partial charge in [0.1, 0.15) is 0 Å². The Labute approximate surface area is 110 Å². The van der Waals surface area contributed by atoms with Gasteiger partial charge < -0.3 is 11.1 Å². The molecule has 1 aromatic rings. The zero-order valence-electron chi connectivity index (χ0n) is 10.5. The molecule has 0 aliphatic carbocycles. The minimum Gasteiger partial charge on any atom is -0.369 e. The number of aromatic nitrogens is 2. The first-order valence-electron chi connectivity index (χ1n) is 5.70. The Morgan fingerprint density at radius 1 is 1.56 bits per heavy atom. The van der Waals surface area contributed by atoms with Crippen LogP contribution in [0.15, 0.2) is 6.07 Å². The number of anilines is 1. The number of nitrogens with two attached hydrogens (primary N) is 1. The molecule has 1 heterocycles. The van der Waals surface area contributed by atoms with Crippen molar-refractivity contribution in [3.8, 4) is 0 Å². The molecule has 0 radical (unpaired) electrons. The maximum Gasteiger partial charge on any atom is 0.227 e. The summed E-state index contributed by atoms with van der Waals surface area (Å²) in [6, 6.07) is 1.82. The molecule has 0 aliphatic rings. The standard InChI is InChI=1S/C11H18N4O2S/c1-7(2)8-5-10(15-14-8)13-11(17)3-4-18-6-9(12)16/h5,7H,3-4,6H2,1-2H3,(H2,12,16)(H2,13,14,15,17). The first-order valence-corrected chi connectivity index (χ1v) is 6.85. The number of aromatic amines is 1. The van der Waals surface area contributed by atoms with Crippen molar-refractivity contribution in [3.63, 3.8) is 0 Å². The van der Waals surface area contributed by atoms with Gasteiger partial charge in [-0.1, -0.05) is 13.8 Å². The molecule has 1 rings (SSSR count). The fraction of sp³-hybridized carbons (Fsp3) is 0.545. The molecular weight excluding hydrogens is 252 g/mol. The minimum atomic E-state index is -0.366. The number of thioether (sulfide) groups is 1. The summed E-state index contributed by atoms with van der Waals surface area (Å²) in [5.74, 6) is 1.20. The summed E-state index contributed by atoms with van der Waals surface area (Å²) in [6.45, 7) is 4.08. The molecule has 0 atom stereocenters. The van der Waals surface area contributed by atoms with E-state index >= 15 is 0 Å². The highest BCUT2D eigenvalue weighted by atomic mass is 32.2. The quantitative estimate of drug-likeness (QED) is 0.645. The van der Waals surface area contributed by atoms with Crippen LogP contribution < -0.4 is 11.1 Å². The summed E-state index contributed by atoms with van der Waals surface area (Å²) in [5.41, 5.74) is 5.97. The molecule has 6 nitrogen and oxygen atoms in total. The summed E-state index contributed by atoms with van der Waals surface area (Å²) in [4.78, 5) is 22.0. The van der Waals surface area contributed by atoms with Gasteiger partial charge in [0, 0.05) is 23.9 Å². The molecule has 0 aromatic carbocycles. The lowest BCUT2D eigenvalue weighted by atomic mass is 10.1. The molecule has 100 valence electrons. The second-order valence-corrected chi connectivity index (χ2v) is 5.29. The molecule has 0 unspecified atom stereocenters. The van der Waals surface area contributed by atoms with Gasteiger partial charge in [-0.15, -0.1) is 0 Å². The van der Waals surface area contributed by atoms with Crippen LogP contribution in [0, 0.1) is 0 Å². The summed E-state index contributed by atoms with van der Waals surface area (Å²) in [6.07, 6.45) is 0.335. The first-order chi connectivity index (χ1) is 8.49. The van der Waals surface area contributed by atoms with Crippen molar-refractivity contribution in [3.05, 3.63) is 11.8 Å². The molecule has 0 spiro atoms. The Bertz CT molecular complexity index is 417. The second-order valence-electron chi connectivity index (χ2n) is 4.18. The smallest absolute Gasteiger partial charge is 0.227 e. The van der Waals surface area contributed by atoms with E-state index in [0.717, 1.165) is 5.69 Å². The minimum absolute atomic E-state index is 0.117. The number of amides is 2. The van der Waals surface area contributed by atoms with Gasteiger partial charge in [0.05, 0.1) is 5.75 Å². The number of hydrogen-bond acceptors (Lipinski definition) is 4. The number of carbonyl (C=O) groups excluding carboxylic acids is 2.